The van der Waals surface area contributed by atoms with Crippen LogP contribution in [0.3, 0.4) is 0 Å². The van der Waals surface area contributed by atoms with E-state index in [4.69, 9.17) is 4.74 Å². The number of carbonyl (C=O) groups excluding carboxylic acids is 2. The van der Waals surface area contributed by atoms with E-state index in [1.54, 1.807) is 48.8 Å². The second-order valence-corrected chi connectivity index (χ2v) is 6.56. The van der Waals surface area contributed by atoms with Crippen LogP contribution in [0.25, 0.3) is 0 Å². The number of carbonyl (C=O) groups is 2. The normalized spacial score (nSPS) is 10.4. The molecule has 0 saturated heterocycles. The number of pyridine rings is 2. The van der Waals surface area contributed by atoms with E-state index >= 15 is 0 Å². The summed E-state index contributed by atoms with van der Waals surface area (Å²) in [6.45, 7) is 4.17. The summed E-state index contributed by atoms with van der Waals surface area (Å²) in [4.78, 5) is 33.2. The van der Waals surface area contributed by atoms with Crippen molar-refractivity contribution < 1.29 is 14.3 Å². The highest BCUT2D eigenvalue weighted by molar-refractivity contribution is 6.04. The number of ether oxygens (including phenoxy) is 1. The largest absolute Gasteiger partial charge is 0.489 e. The van der Waals surface area contributed by atoms with Crippen LogP contribution in [-0.2, 0) is 6.54 Å². The lowest BCUT2D eigenvalue weighted by molar-refractivity contribution is 0.0945. The van der Waals surface area contributed by atoms with Crippen LogP contribution in [0.2, 0.25) is 0 Å². The van der Waals surface area contributed by atoms with Crippen molar-refractivity contribution in [2.75, 3.05) is 5.32 Å². The van der Waals surface area contributed by atoms with Gasteiger partial charge in [-0.05, 0) is 55.8 Å². The van der Waals surface area contributed by atoms with E-state index in [0.717, 1.165) is 5.56 Å². The molecule has 3 rings (SSSR count). The third-order valence-corrected chi connectivity index (χ3v) is 3.91. The van der Waals surface area contributed by atoms with Crippen LogP contribution in [-0.4, -0.2) is 27.9 Å². The van der Waals surface area contributed by atoms with Crippen LogP contribution in [0.4, 0.5) is 5.69 Å². The summed E-state index contributed by atoms with van der Waals surface area (Å²) < 4.78 is 5.71. The molecule has 0 saturated carbocycles. The van der Waals surface area contributed by atoms with Gasteiger partial charge in [0, 0.05) is 18.9 Å². The van der Waals surface area contributed by atoms with Crippen LogP contribution in [0, 0.1) is 0 Å². The third-order valence-electron chi connectivity index (χ3n) is 3.91. The molecule has 0 bridgehead atoms. The van der Waals surface area contributed by atoms with Gasteiger partial charge < -0.3 is 15.4 Å². The Bertz CT molecular complexity index is 990. The van der Waals surface area contributed by atoms with E-state index in [1.807, 2.05) is 32.0 Å². The summed E-state index contributed by atoms with van der Waals surface area (Å²) in [6, 6.07) is 15.5. The van der Waals surface area contributed by atoms with Gasteiger partial charge >= 0.3 is 0 Å². The zero-order valence-electron chi connectivity index (χ0n) is 16.3. The molecule has 29 heavy (non-hydrogen) atoms. The SMILES string of the molecule is CC(C)Oc1ccccc1NC(=O)c1cccc(C(=O)NCc2ccncc2)n1. The van der Waals surface area contributed by atoms with Crippen LogP contribution in [0.5, 0.6) is 5.75 Å². The van der Waals surface area contributed by atoms with Gasteiger partial charge in [0.2, 0.25) is 0 Å². The van der Waals surface area contributed by atoms with Crippen molar-refractivity contribution in [2.24, 2.45) is 0 Å². The molecule has 0 fully saturated rings. The van der Waals surface area contributed by atoms with E-state index in [0.29, 0.717) is 18.0 Å². The fourth-order valence-electron chi connectivity index (χ4n) is 2.57. The van der Waals surface area contributed by atoms with E-state index < -0.39 is 5.91 Å². The van der Waals surface area contributed by atoms with Crippen LogP contribution in [0.15, 0.2) is 67.0 Å². The van der Waals surface area contributed by atoms with E-state index in [9.17, 15) is 9.59 Å². The molecule has 2 aromatic heterocycles. The van der Waals surface area contributed by atoms with Crippen molar-refractivity contribution in [1.82, 2.24) is 15.3 Å². The summed E-state index contributed by atoms with van der Waals surface area (Å²) in [5.74, 6) is -0.212. The zero-order chi connectivity index (χ0) is 20.6. The van der Waals surface area contributed by atoms with Crippen molar-refractivity contribution >= 4 is 17.5 Å². The molecule has 7 heteroatoms. The lowest BCUT2D eigenvalue weighted by Crippen LogP contribution is -2.25. The Hall–Kier alpha value is -3.74. The highest BCUT2D eigenvalue weighted by Gasteiger charge is 2.14. The van der Waals surface area contributed by atoms with Gasteiger partial charge in [-0.15, -0.1) is 0 Å². The van der Waals surface area contributed by atoms with Gasteiger partial charge in [-0.2, -0.15) is 0 Å². The number of hydrogen-bond acceptors (Lipinski definition) is 5. The lowest BCUT2D eigenvalue weighted by Gasteiger charge is -2.14. The Balaban J connectivity index is 1.69. The lowest BCUT2D eigenvalue weighted by atomic mass is 10.2. The Kier molecular flexibility index (Phi) is 6.52. The number of rotatable bonds is 7. The van der Waals surface area contributed by atoms with E-state index in [1.165, 1.54) is 0 Å². The number of anilines is 1. The van der Waals surface area contributed by atoms with Gasteiger partial charge in [0.15, 0.2) is 0 Å². The summed E-state index contributed by atoms with van der Waals surface area (Å²) >= 11 is 0. The number of amides is 2. The minimum atomic E-state index is -0.423. The fraction of sp³-hybridized carbons (Fsp3) is 0.182. The van der Waals surface area contributed by atoms with Gasteiger partial charge in [-0.3, -0.25) is 14.6 Å². The second kappa shape index (κ2) is 9.45. The molecule has 3 aromatic rings. The smallest absolute Gasteiger partial charge is 0.274 e. The molecule has 0 atom stereocenters. The summed E-state index contributed by atoms with van der Waals surface area (Å²) in [7, 11) is 0. The number of nitrogens with one attached hydrogen (secondary N) is 2. The molecule has 2 heterocycles. The minimum absolute atomic E-state index is 0.0291. The molecule has 0 spiro atoms. The van der Waals surface area contributed by atoms with Gasteiger partial charge in [0.25, 0.3) is 11.8 Å². The maximum absolute atomic E-state index is 12.6. The van der Waals surface area contributed by atoms with Gasteiger partial charge in [-0.25, -0.2) is 4.98 Å². The first-order valence-electron chi connectivity index (χ1n) is 9.24. The summed E-state index contributed by atoms with van der Waals surface area (Å²) in [5, 5.41) is 5.57. The second-order valence-electron chi connectivity index (χ2n) is 6.56. The monoisotopic (exact) mass is 390 g/mol. The van der Waals surface area contributed by atoms with Crippen molar-refractivity contribution in [2.45, 2.75) is 26.5 Å². The minimum Gasteiger partial charge on any atom is -0.489 e. The molecular weight excluding hydrogens is 368 g/mol. The molecular formula is C22H22N4O3. The van der Waals surface area contributed by atoms with Crippen molar-refractivity contribution in [3.8, 4) is 5.75 Å². The number of aromatic nitrogens is 2. The molecule has 1 aromatic carbocycles. The van der Waals surface area contributed by atoms with Crippen molar-refractivity contribution in [1.29, 1.82) is 0 Å². The van der Waals surface area contributed by atoms with E-state index in [2.05, 4.69) is 20.6 Å². The van der Waals surface area contributed by atoms with Gasteiger partial charge in [0.1, 0.15) is 17.1 Å². The Labute approximate surface area is 169 Å². The average molecular weight is 390 g/mol. The molecule has 0 unspecified atom stereocenters. The third kappa shape index (κ3) is 5.62. The molecule has 2 N–H and O–H groups in total. The standard InChI is InChI=1S/C22H22N4O3/c1-15(2)29-20-9-4-3-6-17(20)26-22(28)19-8-5-7-18(25-19)21(27)24-14-16-10-12-23-13-11-16/h3-13,15H,14H2,1-2H3,(H,24,27)(H,26,28). The Morgan fingerprint density at radius 1 is 0.931 bits per heavy atom. The van der Waals surface area contributed by atoms with Gasteiger partial charge in [0.05, 0.1) is 11.8 Å². The summed E-state index contributed by atoms with van der Waals surface area (Å²) in [5.41, 5.74) is 1.77. The topological polar surface area (TPSA) is 93.2 Å². The summed E-state index contributed by atoms with van der Waals surface area (Å²) in [6.07, 6.45) is 3.29. The maximum Gasteiger partial charge on any atom is 0.274 e. The maximum atomic E-state index is 12.6. The highest BCUT2D eigenvalue weighted by atomic mass is 16.5. The molecule has 7 nitrogen and oxygen atoms in total. The predicted octanol–water partition coefficient (Wildman–Crippen LogP) is 3.45. The first-order valence-corrected chi connectivity index (χ1v) is 9.24. The van der Waals surface area contributed by atoms with Gasteiger partial charge in [-0.1, -0.05) is 18.2 Å². The number of para-hydroxylation sites is 2. The predicted molar refractivity (Wildman–Crippen MR) is 110 cm³/mol. The number of benzene rings is 1. The van der Waals surface area contributed by atoms with Crippen LogP contribution < -0.4 is 15.4 Å². The quantitative estimate of drug-likeness (QED) is 0.645. The molecule has 0 aliphatic carbocycles. The van der Waals surface area contributed by atoms with Crippen LogP contribution in [0.1, 0.15) is 40.4 Å². The van der Waals surface area contributed by atoms with Crippen molar-refractivity contribution in [3.63, 3.8) is 0 Å². The number of hydrogen-bond donors (Lipinski definition) is 2. The first kappa shape index (κ1) is 20.0. The van der Waals surface area contributed by atoms with E-state index in [-0.39, 0.29) is 23.4 Å². The Morgan fingerprint density at radius 2 is 1.62 bits per heavy atom. The molecule has 0 aliphatic heterocycles. The average Bonchev–Trinajstić information content (AvgIpc) is 2.74. The molecule has 148 valence electrons. The zero-order valence-corrected chi connectivity index (χ0v) is 16.3. The molecule has 0 aliphatic rings. The first-order chi connectivity index (χ1) is 14.0. The Morgan fingerprint density at radius 3 is 2.34 bits per heavy atom. The molecule has 2 amide bonds. The number of nitrogens with zero attached hydrogens (tertiary/aromatic N) is 2. The fourth-order valence-corrected chi connectivity index (χ4v) is 2.57. The van der Waals surface area contributed by atoms with Crippen molar-refractivity contribution in [3.05, 3.63) is 83.9 Å². The van der Waals surface area contributed by atoms with Crippen LogP contribution >= 0.6 is 0 Å². The highest BCUT2D eigenvalue weighted by Crippen LogP contribution is 2.25. The molecule has 0 radical (unpaired) electrons.